The van der Waals surface area contributed by atoms with E-state index in [1.807, 2.05) is 47.4 Å². The lowest BCUT2D eigenvalue weighted by molar-refractivity contribution is -0.131. The predicted octanol–water partition coefficient (Wildman–Crippen LogP) is 1.90. The van der Waals surface area contributed by atoms with Crippen LogP contribution in [0.2, 0.25) is 0 Å². The van der Waals surface area contributed by atoms with Gasteiger partial charge >= 0.3 is 0 Å². The van der Waals surface area contributed by atoms with Crippen molar-refractivity contribution in [2.45, 2.75) is 40.2 Å². The van der Waals surface area contributed by atoms with Crippen molar-refractivity contribution in [1.82, 2.24) is 24.6 Å². The van der Waals surface area contributed by atoms with Gasteiger partial charge in [-0.25, -0.2) is 0 Å². The summed E-state index contributed by atoms with van der Waals surface area (Å²) in [5.41, 5.74) is 3.65. The maximum absolute atomic E-state index is 12.7. The maximum Gasteiger partial charge on any atom is 0.255 e. The summed E-state index contributed by atoms with van der Waals surface area (Å²) in [5.74, 6) is 0.172. The molecule has 0 radical (unpaired) electrons. The van der Waals surface area contributed by atoms with Crippen molar-refractivity contribution >= 4 is 11.8 Å². The van der Waals surface area contributed by atoms with Gasteiger partial charge in [0.05, 0.1) is 11.3 Å². The largest absolute Gasteiger partial charge is 0.365 e. The van der Waals surface area contributed by atoms with Gasteiger partial charge in [0.15, 0.2) is 0 Å². The molecule has 1 fully saturated rings. The second kappa shape index (κ2) is 7.76. The molecular weight excluding hydrogens is 330 g/mol. The van der Waals surface area contributed by atoms with Crippen molar-refractivity contribution in [1.29, 1.82) is 0 Å². The molecule has 2 amide bonds. The smallest absolute Gasteiger partial charge is 0.255 e. The fraction of sp³-hybridized carbons (Fsp3) is 0.526. The Morgan fingerprint density at radius 3 is 2.50 bits per heavy atom. The lowest BCUT2D eigenvalue weighted by Gasteiger charge is -2.22. The zero-order chi connectivity index (χ0) is 18.7. The molecule has 0 aromatic carbocycles. The van der Waals surface area contributed by atoms with E-state index in [4.69, 9.17) is 0 Å². The molecule has 0 bridgehead atoms. The Labute approximate surface area is 154 Å². The highest BCUT2D eigenvalue weighted by Gasteiger charge is 2.23. The van der Waals surface area contributed by atoms with Crippen LogP contribution in [0, 0.1) is 20.8 Å². The number of aromatic amines is 1. The van der Waals surface area contributed by atoms with Gasteiger partial charge in [-0.3, -0.25) is 14.3 Å². The van der Waals surface area contributed by atoms with Crippen LogP contribution in [0.4, 0.5) is 0 Å². The van der Waals surface area contributed by atoms with Crippen molar-refractivity contribution in [3.8, 4) is 0 Å². The highest BCUT2D eigenvalue weighted by atomic mass is 16.2. The molecule has 2 aromatic heterocycles. The van der Waals surface area contributed by atoms with Crippen LogP contribution >= 0.6 is 0 Å². The maximum atomic E-state index is 12.7. The van der Waals surface area contributed by atoms with E-state index in [0.717, 1.165) is 23.5 Å². The van der Waals surface area contributed by atoms with E-state index < -0.39 is 0 Å². The first-order chi connectivity index (χ1) is 12.5. The van der Waals surface area contributed by atoms with E-state index in [-0.39, 0.29) is 11.8 Å². The van der Waals surface area contributed by atoms with E-state index in [0.29, 0.717) is 44.7 Å². The number of carbonyl (C=O) groups excluding carboxylic acids is 2. The Balaban J connectivity index is 1.54. The Hall–Kier alpha value is -2.57. The monoisotopic (exact) mass is 357 g/mol. The second-order valence-corrected chi connectivity index (χ2v) is 6.94. The van der Waals surface area contributed by atoms with E-state index in [1.54, 1.807) is 6.20 Å². The quantitative estimate of drug-likeness (QED) is 0.908. The van der Waals surface area contributed by atoms with Gasteiger partial charge in [0.25, 0.3) is 5.91 Å². The molecule has 0 aliphatic carbocycles. The summed E-state index contributed by atoms with van der Waals surface area (Å²) < 4.78 is 1.88. The third-order valence-corrected chi connectivity index (χ3v) is 4.96. The molecule has 3 heterocycles. The lowest BCUT2D eigenvalue weighted by atomic mass is 10.2. The van der Waals surface area contributed by atoms with E-state index in [1.165, 1.54) is 0 Å². The SMILES string of the molecule is Cc1cc(C)n(CCC(=O)N2CCCN(C(=O)c3cc[nH]c3C)CC2)n1. The highest BCUT2D eigenvalue weighted by molar-refractivity contribution is 5.95. The van der Waals surface area contributed by atoms with Gasteiger partial charge in [-0.2, -0.15) is 5.10 Å². The van der Waals surface area contributed by atoms with E-state index in [9.17, 15) is 9.59 Å². The number of nitrogens with zero attached hydrogens (tertiary/aromatic N) is 4. The number of amides is 2. The average molecular weight is 357 g/mol. The first kappa shape index (κ1) is 18.2. The Bertz CT molecular complexity index is 792. The van der Waals surface area contributed by atoms with Crippen molar-refractivity contribution in [2.24, 2.45) is 0 Å². The Morgan fingerprint density at radius 2 is 1.85 bits per heavy atom. The standard InChI is InChI=1S/C19H27N5O2/c1-14-13-15(2)24(21-14)10-6-18(25)22-8-4-9-23(12-11-22)19(26)17-5-7-20-16(17)3/h5,7,13,20H,4,6,8-12H2,1-3H3. The number of rotatable bonds is 4. The molecule has 1 aliphatic rings. The molecule has 26 heavy (non-hydrogen) atoms. The van der Waals surface area contributed by atoms with Gasteiger partial charge in [-0.05, 0) is 39.3 Å². The van der Waals surface area contributed by atoms with Crippen LogP contribution in [-0.4, -0.2) is 62.6 Å². The van der Waals surface area contributed by atoms with Gasteiger partial charge in [0.1, 0.15) is 0 Å². The zero-order valence-corrected chi connectivity index (χ0v) is 15.8. The minimum absolute atomic E-state index is 0.0423. The van der Waals surface area contributed by atoms with Gasteiger partial charge in [-0.15, -0.1) is 0 Å². The van der Waals surface area contributed by atoms with Gasteiger partial charge in [0, 0.05) is 56.7 Å². The van der Waals surface area contributed by atoms with Crippen LogP contribution in [0.5, 0.6) is 0 Å². The fourth-order valence-electron chi connectivity index (χ4n) is 3.49. The molecule has 0 unspecified atom stereocenters. The van der Waals surface area contributed by atoms with Crippen LogP contribution in [0.25, 0.3) is 0 Å². The number of carbonyl (C=O) groups is 2. The third kappa shape index (κ3) is 3.98. The van der Waals surface area contributed by atoms with E-state index in [2.05, 4.69) is 10.1 Å². The molecule has 0 atom stereocenters. The van der Waals surface area contributed by atoms with Crippen LogP contribution in [-0.2, 0) is 11.3 Å². The summed E-state index contributed by atoms with van der Waals surface area (Å²) >= 11 is 0. The summed E-state index contributed by atoms with van der Waals surface area (Å²) in [6.45, 7) is 9.01. The minimum Gasteiger partial charge on any atom is -0.365 e. The molecular formula is C19H27N5O2. The molecule has 140 valence electrons. The third-order valence-electron chi connectivity index (χ3n) is 4.96. The van der Waals surface area contributed by atoms with Crippen LogP contribution in [0.15, 0.2) is 18.3 Å². The normalized spacial score (nSPS) is 15.2. The topological polar surface area (TPSA) is 74.2 Å². The lowest BCUT2D eigenvalue weighted by Crippen LogP contribution is -2.37. The molecule has 0 saturated carbocycles. The van der Waals surface area contributed by atoms with Crippen molar-refractivity contribution in [2.75, 3.05) is 26.2 Å². The first-order valence-electron chi connectivity index (χ1n) is 9.18. The number of aromatic nitrogens is 3. The second-order valence-electron chi connectivity index (χ2n) is 6.94. The van der Waals surface area contributed by atoms with Crippen LogP contribution in [0.1, 0.15) is 40.3 Å². The van der Waals surface area contributed by atoms with Gasteiger partial charge in [0.2, 0.25) is 5.91 Å². The molecule has 7 nitrogen and oxygen atoms in total. The Morgan fingerprint density at radius 1 is 1.12 bits per heavy atom. The minimum atomic E-state index is 0.0423. The van der Waals surface area contributed by atoms with Crippen molar-refractivity contribution < 1.29 is 9.59 Å². The molecule has 1 aliphatic heterocycles. The summed E-state index contributed by atoms with van der Waals surface area (Å²) in [7, 11) is 0. The summed E-state index contributed by atoms with van der Waals surface area (Å²) in [5, 5.41) is 4.41. The predicted molar refractivity (Wildman–Crippen MR) is 98.9 cm³/mol. The molecule has 3 rings (SSSR count). The molecule has 0 spiro atoms. The zero-order valence-electron chi connectivity index (χ0n) is 15.8. The van der Waals surface area contributed by atoms with E-state index >= 15 is 0 Å². The summed E-state index contributed by atoms with van der Waals surface area (Å²) in [6, 6.07) is 3.84. The summed E-state index contributed by atoms with van der Waals surface area (Å²) in [4.78, 5) is 32.0. The molecule has 1 N–H and O–H groups in total. The number of H-pyrrole nitrogens is 1. The van der Waals surface area contributed by atoms with Crippen LogP contribution < -0.4 is 0 Å². The molecule has 1 saturated heterocycles. The molecule has 2 aromatic rings. The Kier molecular flexibility index (Phi) is 5.44. The van der Waals surface area contributed by atoms with Crippen LogP contribution in [0.3, 0.4) is 0 Å². The van der Waals surface area contributed by atoms with Crippen molar-refractivity contribution in [3.05, 3.63) is 41.0 Å². The average Bonchev–Trinajstić information content (AvgIpc) is 3.06. The molecule has 7 heteroatoms. The number of aryl methyl sites for hydroxylation is 4. The number of hydrogen-bond donors (Lipinski definition) is 1. The highest BCUT2D eigenvalue weighted by Crippen LogP contribution is 2.13. The number of nitrogens with one attached hydrogen (secondary N) is 1. The summed E-state index contributed by atoms with van der Waals surface area (Å²) in [6.07, 6.45) is 3.03. The van der Waals surface area contributed by atoms with Crippen molar-refractivity contribution in [3.63, 3.8) is 0 Å². The number of hydrogen-bond acceptors (Lipinski definition) is 3. The fourth-order valence-corrected chi connectivity index (χ4v) is 3.49. The van der Waals surface area contributed by atoms with Gasteiger partial charge in [-0.1, -0.05) is 0 Å². The van der Waals surface area contributed by atoms with Gasteiger partial charge < -0.3 is 14.8 Å². The first-order valence-corrected chi connectivity index (χ1v) is 9.18.